The summed E-state index contributed by atoms with van der Waals surface area (Å²) in [5, 5.41) is 1.06. The highest BCUT2D eigenvalue weighted by atomic mass is 35.5. The fourth-order valence-electron chi connectivity index (χ4n) is 2.17. The first-order valence-electron chi connectivity index (χ1n) is 6.44. The van der Waals surface area contributed by atoms with Gasteiger partial charge in [0.25, 0.3) is 11.8 Å². The number of nitrogen functional groups attached to an aromatic ring is 1. The number of halogens is 2. The Kier molecular flexibility index (Phi) is 4.04. The lowest BCUT2D eigenvalue weighted by Crippen LogP contribution is -2.15. The molecular formula is C14H9Cl2N5O2S. The monoisotopic (exact) mass is 381 g/mol. The minimum atomic E-state index is -0.814. The molecule has 7 nitrogen and oxygen atoms in total. The highest BCUT2D eigenvalue weighted by molar-refractivity contribution is 7.21. The lowest BCUT2D eigenvalue weighted by Gasteiger charge is -2.07. The maximum absolute atomic E-state index is 11.5. The predicted molar refractivity (Wildman–Crippen MR) is 94.3 cm³/mol. The molecule has 0 aliphatic carbocycles. The van der Waals surface area contributed by atoms with Gasteiger partial charge in [-0.1, -0.05) is 29.3 Å². The summed E-state index contributed by atoms with van der Waals surface area (Å²) in [6.07, 6.45) is 0. The molecule has 2 aromatic heterocycles. The SMILES string of the molecule is NC(=O)c1nc(-c2ccc(Cl)c(Cl)c2)c2c(N)c(C(N)=O)sc2n1. The fourth-order valence-corrected chi connectivity index (χ4v) is 3.41. The number of nitrogens with zero attached hydrogens (tertiary/aromatic N) is 2. The lowest BCUT2D eigenvalue weighted by atomic mass is 10.1. The van der Waals surface area contributed by atoms with E-state index in [0.29, 0.717) is 31.5 Å². The first kappa shape index (κ1) is 16.4. The number of thiophene rings is 1. The molecule has 3 rings (SSSR count). The van der Waals surface area contributed by atoms with E-state index in [1.54, 1.807) is 18.2 Å². The maximum atomic E-state index is 11.5. The van der Waals surface area contributed by atoms with Crippen LogP contribution in [0.25, 0.3) is 21.5 Å². The quantitative estimate of drug-likeness (QED) is 0.639. The third-order valence-corrected chi connectivity index (χ3v) is 5.08. The number of amides is 2. The van der Waals surface area contributed by atoms with Gasteiger partial charge >= 0.3 is 0 Å². The van der Waals surface area contributed by atoms with E-state index in [1.165, 1.54) is 0 Å². The summed E-state index contributed by atoms with van der Waals surface area (Å²) < 4.78 is 0. The number of aromatic nitrogens is 2. The van der Waals surface area contributed by atoms with Crippen molar-refractivity contribution in [3.05, 3.63) is 38.9 Å². The molecule has 0 aliphatic heterocycles. The van der Waals surface area contributed by atoms with Crippen molar-refractivity contribution in [2.75, 3.05) is 5.73 Å². The van der Waals surface area contributed by atoms with E-state index >= 15 is 0 Å². The molecule has 0 unspecified atom stereocenters. The van der Waals surface area contributed by atoms with Crippen molar-refractivity contribution >= 4 is 62.3 Å². The minimum absolute atomic E-state index is 0.127. The Morgan fingerprint density at radius 1 is 1.04 bits per heavy atom. The molecule has 0 atom stereocenters. The maximum Gasteiger partial charge on any atom is 0.286 e. The normalized spacial score (nSPS) is 10.9. The largest absolute Gasteiger partial charge is 0.397 e. The van der Waals surface area contributed by atoms with Gasteiger partial charge < -0.3 is 17.2 Å². The molecule has 0 radical (unpaired) electrons. The number of carbonyl (C=O) groups excluding carboxylic acids is 2. The van der Waals surface area contributed by atoms with Gasteiger partial charge in [-0.05, 0) is 12.1 Å². The zero-order valence-corrected chi connectivity index (χ0v) is 14.2. The lowest BCUT2D eigenvalue weighted by molar-refractivity contribution is 0.0987. The molecule has 0 aliphatic rings. The molecule has 122 valence electrons. The number of nitrogens with two attached hydrogens (primary N) is 3. The second kappa shape index (κ2) is 5.90. The van der Waals surface area contributed by atoms with Crippen LogP contribution < -0.4 is 17.2 Å². The second-order valence-corrected chi connectivity index (χ2v) is 6.59. The number of fused-ring (bicyclic) bond motifs is 1. The molecule has 6 N–H and O–H groups in total. The zero-order chi connectivity index (χ0) is 17.6. The topological polar surface area (TPSA) is 138 Å². The van der Waals surface area contributed by atoms with Crippen molar-refractivity contribution in [3.8, 4) is 11.3 Å². The Bertz CT molecular complexity index is 1020. The molecule has 2 heterocycles. The van der Waals surface area contributed by atoms with E-state index in [-0.39, 0.29) is 16.4 Å². The number of rotatable bonds is 3. The van der Waals surface area contributed by atoms with Crippen molar-refractivity contribution in [3.63, 3.8) is 0 Å². The summed E-state index contributed by atoms with van der Waals surface area (Å²) in [6, 6.07) is 4.80. The molecule has 2 amide bonds. The number of hydrogen-bond acceptors (Lipinski definition) is 6. The summed E-state index contributed by atoms with van der Waals surface area (Å²) in [7, 11) is 0. The number of benzene rings is 1. The molecular weight excluding hydrogens is 373 g/mol. The van der Waals surface area contributed by atoms with Crippen molar-refractivity contribution in [2.24, 2.45) is 11.5 Å². The van der Waals surface area contributed by atoms with Crippen LogP contribution in [0.1, 0.15) is 20.3 Å². The van der Waals surface area contributed by atoms with E-state index in [0.717, 1.165) is 11.3 Å². The fraction of sp³-hybridized carbons (Fsp3) is 0. The summed E-state index contributed by atoms with van der Waals surface area (Å²) in [5.74, 6) is -1.72. The molecule has 1 aromatic carbocycles. The van der Waals surface area contributed by atoms with Crippen LogP contribution >= 0.6 is 34.5 Å². The zero-order valence-electron chi connectivity index (χ0n) is 11.8. The van der Waals surface area contributed by atoms with Crippen LogP contribution in [0.15, 0.2) is 18.2 Å². The van der Waals surface area contributed by atoms with Gasteiger partial charge in [0.15, 0.2) is 0 Å². The number of hydrogen-bond donors (Lipinski definition) is 3. The van der Waals surface area contributed by atoms with E-state index in [4.69, 9.17) is 40.4 Å². The molecule has 0 spiro atoms. The van der Waals surface area contributed by atoms with Crippen LogP contribution in [0.4, 0.5) is 5.69 Å². The number of primary amides is 2. The number of carbonyl (C=O) groups is 2. The smallest absolute Gasteiger partial charge is 0.286 e. The average Bonchev–Trinajstić information content (AvgIpc) is 2.86. The summed E-state index contributed by atoms with van der Waals surface area (Å²) in [5.41, 5.74) is 17.6. The summed E-state index contributed by atoms with van der Waals surface area (Å²) in [6.45, 7) is 0. The van der Waals surface area contributed by atoms with E-state index in [2.05, 4.69) is 9.97 Å². The molecule has 0 fully saturated rings. The van der Waals surface area contributed by atoms with Gasteiger partial charge in [0.05, 0.1) is 26.8 Å². The molecule has 0 bridgehead atoms. The van der Waals surface area contributed by atoms with Gasteiger partial charge in [0, 0.05) is 5.56 Å². The van der Waals surface area contributed by atoms with Crippen LogP contribution in [-0.4, -0.2) is 21.8 Å². The Morgan fingerprint density at radius 2 is 1.75 bits per heavy atom. The average molecular weight is 382 g/mol. The summed E-state index contributed by atoms with van der Waals surface area (Å²) in [4.78, 5) is 31.7. The van der Waals surface area contributed by atoms with E-state index < -0.39 is 11.8 Å². The standard InChI is InChI=1S/C14H9Cl2N5O2S/c15-5-2-1-4(3-6(5)16)9-7-8(17)10(11(18)22)24-14(7)21-13(20-9)12(19)23/h1-3H,17H2,(H2,18,22)(H2,19,23). The van der Waals surface area contributed by atoms with Crippen LogP contribution in [-0.2, 0) is 0 Å². The minimum Gasteiger partial charge on any atom is -0.397 e. The Labute approximate surface area is 149 Å². The molecule has 24 heavy (non-hydrogen) atoms. The third-order valence-electron chi connectivity index (χ3n) is 3.23. The van der Waals surface area contributed by atoms with Gasteiger partial charge in [-0.15, -0.1) is 11.3 Å². The highest BCUT2D eigenvalue weighted by Crippen LogP contribution is 2.39. The Morgan fingerprint density at radius 3 is 2.33 bits per heavy atom. The number of anilines is 1. The van der Waals surface area contributed by atoms with Crippen LogP contribution in [0, 0.1) is 0 Å². The van der Waals surface area contributed by atoms with Crippen molar-refractivity contribution < 1.29 is 9.59 Å². The van der Waals surface area contributed by atoms with Crippen LogP contribution in [0.3, 0.4) is 0 Å². The predicted octanol–water partition coefficient (Wildman–Crippen LogP) is 2.45. The molecule has 10 heteroatoms. The molecule has 0 saturated heterocycles. The van der Waals surface area contributed by atoms with Gasteiger partial charge in [-0.25, -0.2) is 9.97 Å². The van der Waals surface area contributed by atoms with E-state index in [9.17, 15) is 9.59 Å². The van der Waals surface area contributed by atoms with E-state index in [1.807, 2.05) is 0 Å². The van der Waals surface area contributed by atoms with Gasteiger partial charge in [-0.2, -0.15) is 0 Å². The Hall–Kier alpha value is -2.42. The van der Waals surface area contributed by atoms with Gasteiger partial charge in [0.1, 0.15) is 9.71 Å². The molecule has 3 aromatic rings. The first-order valence-corrected chi connectivity index (χ1v) is 8.02. The van der Waals surface area contributed by atoms with Crippen molar-refractivity contribution in [2.45, 2.75) is 0 Å². The first-order chi connectivity index (χ1) is 11.3. The van der Waals surface area contributed by atoms with Gasteiger partial charge in [0.2, 0.25) is 5.82 Å². The summed E-state index contributed by atoms with van der Waals surface area (Å²) >= 11 is 12.9. The van der Waals surface area contributed by atoms with Crippen molar-refractivity contribution in [1.29, 1.82) is 0 Å². The highest BCUT2D eigenvalue weighted by Gasteiger charge is 2.22. The Balaban J connectivity index is 2.41. The second-order valence-electron chi connectivity index (χ2n) is 4.78. The van der Waals surface area contributed by atoms with Gasteiger partial charge in [-0.3, -0.25) is 9.59 Å². The van der Waals surface area contributed by atoms with Crippen molar-refractivity contribution in [1.82, 2.24) is 9.97 Å². The van der Waals surface area contributed by atoms with Crippen LogP contribution in [0.2, 0.25) is 10.0 Å². The third kappa shape index (κ3) is 2.64. The molecule has 0 saturated carbocycles. The van der Waals surface area contributed by atoms with Crippen LogP contribution in [0.5, 0.6) is 0 Å².